The van der Waals surface area contributed by atoms with Crippen molar-refractivity contribution in [1.29, 1.82) is 0 Å². The number of hydrogen-bond donors (Lipinski definition) is 3. The minimum Gasteiger partial charge on any atom is -0.388 e. The zero-order chi connectivity index (χ0) is 14.5. The van der Waals surface area contributed by atoms with Gasteiger partial charge in [-0.2, -0.15) is 0 Å². The van der Waals surface area contributed by atoms with Crippen LogP contribution in [0.5, 0.6) is 0 Å². The largest absolute Gasteiger partial charge is 0.388 e. The Kier molecular flexibility index (Phi) is 5.54. The molecule has 5 nitrogen and oxygen atoms in total. The van der Waals surface area contributed by atoms with Gasteiger partial charge >= 0.3 is 0 Å². The van der Waals surface area contributed by atoms with Crippen molar-refractivity contribution < 1.29 is 5.11 Å². The van der Waals surface area contributed by atoms with E-state index in [0.29, 0.717) is 12.5 Å². The molecule has 0 aliphatic heterocycles. The number of nitrogens with zero attached hydrogens (tertiary/aromatic N) is 2. The highest BCUT2D eigenvalue weighted by molar-refractivity contribution is 5.57. The summed E-state index contributed by atoms with van der Waals surface area (Å²) in [5.74, 6) is 2.09. The van der Waals surface area contributed by atoms with E-state index < -0.39 is 5.60 Å². The highest BCUT2D eigenvalue weighted by Gasteiger charge is 2.22. The molecule has 5 heteroatoms. The molecule has 0 radical (unpaired) electrons. The van der Waals surface area contributed by atoms with Gasteiger partial charge in [-0.3, -0.25) is 0 Å². The monoisotopic (exact) mass is 266 g/mol. The lowest BCUT2D eigenvalue weighted by Gasteiger charge is -2.26. The zero-order valence-electron chi connectivity index (χ0n) is 12.6. The third-order valence-electron chi connectivity index (χ3n) is 3.02. The fourth-order valence-corrected chi connectivity index (χ4v) is 2.34. The van der Waals surface area contributed by atoms with Gasteiger partial charge in [0.15, 0.2) is 0 Å². The molecule has 3 N–H and O–H groups in total. The molecular formula is C14H26N4O. The third-order valence-corrected chi connectivity index (χ3v) is 3.02. The second-order valence-corrected chi connectivity index (χ2v) is 5.60. The maximum absolute atomic E-state index is 10.3. The summed E-state index contributed by atoms with van der Waals surface area (Å²) in [6.45, 7) is 8.62. The fourth-order valence-electron chi connectivity index (χ4n) is 2.34. The predicted octanol–water partition coefficient (Wildman–Crippen LogP) is 2.29. The van der Waals surface area contributed by atoms with Gasteiger partial charge in [-0.05, 0) is 25.7 Å². The van der Waals surface area contributed by atoms with E-state index in [9.17, 15) is 5.11 Å². The summed E-state index contributed by atoms with van der Waals surface area (Å²) >= 11 is 0. The molecule has 0 fully saturated rings. The summed E-state index contributed by atoms with van der Waals surface area (Å²) in [5.41, 5.74) is 0.314. The van der Waals surface area contributed by atoms with Crippen LogP contribution in [-0.2, 0) is 6.42 Å². The van der Waals surface area contributed by atoms with E-state index in [-0.39, 0.29) is 0 Å². The molecule has 19 heavy (non-hydrogen) atoms. The van der Waals surface area contributed by atoms with E-state index in [2.05, 4.69) is 41.4 Å². The van der Waals surface area contributed by atoms with Gasteiger partial charge in [-0.1, -0.05) is 20.8 Å². The number of anilines is 2. The van der Waals surface area contributed by atoms with Crippen molar-refractivity contribution in [1.82, 2.24) is 9.97 Å². The van der Waals surface area contributed by atoms with E-state index in [4.69, 9.17) is 0 Å². The van der Waals surface area contributed by atoms with Gasteiger partial charge < -0.3 is 15.7 Å². The summed E-state index contributed by atoms with van der Waals surface area (Å²) < 4.78 is 0. The molecule has 1 aromatic rings. The average molecular weight is 266 g/mol. The Morgan fingerprint density at radius 1 is 1.32 bits per heavy atom. The predicted molar refractivity (Wildman–Crippen MR) is 79.5 cm³/mol. The first-order valence-corrected chi connectivity index (χ1v) is 6.87. The van der Waals surface area contributed by atoms with Crippen LogP contribution in [0.2, 0.25) is 0 Å². The first-order chi connectivity index (χ1) is 8.89. The van der Waals surface area contributed by atoms with Gasteiger partial charge in [-0.15, -0.1) is 0 Å². The van der Waals surface area contributed by atoms with Crippen LogP contribution in [0.1, 0.15) is 39.7 Å². The Labute approximate surface area is 115 Å². The second kappa shape index (κ2) is 6.70. The fraction of sp³-hybridized carbons (Fsp3) is 0.714. The average Bonchev–Trinajstić information content (AvgIpc) is 2.34. The summed E-state index contributed by atoms with van der Waals surface area (Å²) in [6, 6.07) is 0. The molecule has 0 saturated carbocycles. The van der Waals surface area contributed by atoms with Crippen LogP contribution in [-0.4, -0.2) is 34.3 Å². The minimum absolute atomic E-state index is 0.459. The van der Waals surface area contributed by atoms with Crippen LogP contribution in [0, 0.1) is 5.92 Å². The first kappa shape index (κ1) is 15.7. The summed E-state index contributed by atoms with van der Waals surface area (Å²) in [7, 11) is 1.85. The van der Waals surface area contributed by atoms with Gasteiger partial charge in [0.1, 0.15) is 18.0 Å². The van der Waals surface area contributed by atoms with Crippen molar-refractivity contribution in [2.45, 2.75) is 46.1 Å². The molecule has 1 atom stereocenters. The van der Waals surface area contributed by atoms with Crippen molar-refractivity contribution >= 4 is 11.6 Å². The summed E-state index contributed by atoms with van der Waals surface area (Å²) in [6.07, 6.45) is 3.13. The standard InChI is InChI=1S/C14H26N4O/c1-6-11-12(15-5)17-9-18-13(11)16-8-14(4,19)7-10(2)3/h9-10,19H,6-8H2,1-5H3,(H2,15,16,17,18). The topological polar surface area (TPSA) is 70.1 Å². The molecular weight excluding hydrogens is 240 g/mol. The van der Waals surface area contributed by atoms with E-state index >= 15 is 0 Å². The van der Waals surface area contributed by atoms with Gasteiger partial charge in [-0.25, -0.2) is 9.97 Å². The van der Waals surface area contributed by atoms with Crippen molar-refractivity contribution in [3.05, 3.63) is 11.9 Å². The smallest absolute Gasteiger partial charge is 0.134 e. The van der Waals surface area contributed by atoms with Crippen LogP contribution in [0.25, 0.3) is 0 Å². The van der Waals surface area contributed by atoms with E-state index in [1.165, 1.54) is 6.33 Å². The van der Waals surface area contributed by atoms with Gasteiger partial charge in [0, 0.05) is 19.2 Å². The summed E-state index contributed by atoms with van der Waals surface area (Å²) in [5, 5.41) is 16.6. The Hall–Kier alpha value is -1.36. The van der Waals surface area contributed by atoms with Crippen LogP contribution in [0.3, 0.4) is 0 Å². The molecule has 1 heterocycles. The molecule has 1 aromatic heterocycles. The number of nitrogens with one attached hydrogen (secondary N) is 2. The van der Waals surface area contributed by atoms with Gasteiger partial charge in [0.25, 0.3) is 0 Å². The maximum atomic E-state index is 10.3. The molecule has 0 aliphatic rings. The zero-order valence-corrected chi connectivity index (χ0v) is 12.6. The molecule has 0 aromatic carbocycles. The van der Waals surface area contributed by atoms with Crippen LogP contribution in [0.15, 0.2) is 6.33 Å². The van der Waals surface area contributed by atoms with Crippen molar-refractivity contribution in [3.63, 3.8) is 0 Å². The van der Waals surface area contributed by atoms with Crippen LogP contribution in [0.4, 0.5) is 11.6 Å². The lowest BCUT2D eigenvalue weighted by Crippen LogP contribution is -2.35. The van der Waals surface area contributed by atoms with Crippen LogP contribution < -0.4 is 10.6 Å². The summed E-state index contributed by atoms with van der Waals surface area (Å²) in [4.78, 5) is 8.46. The Morgan fingerprint density at radius 3 is 2.47 bits per heavy atom. The highest BCUT2D eigenvalue weighted by atomic mass is 16.3. The molecule has 0 aliphatic carbocycles. The van der Waals surface area contributed by atoms with E-state index in [0.717, 1.165) is 30.0 Å². The van der Waals surface area contributed by atoms with Gasteiger partial charge in [0.2, 0.25) is 0 Å². The Morgan fingerprint density at radius 2 is 1.95 bits per heavy atom. The molecule has 1 rings (SSSR count). The normalized spacial score (nSPS) is 14.3. The van der Waals surface area contributed by atoms with Gasteiger partial charge in [0.05, 0.1) is 5.60 Å². The third kappa shape index (κ3) is 4.67. The molecule has 1 unspecified atom stereocenters. The Balaban J connectivity index is 2.77. The Bertz CT molecular complexity index is 404. The van der Waals surface area contributed by atoms with Crippen LogP contribution >= 0.6 is 0 Å². The quantitative estimate of drug-likeness (QED) is 0.706. The lowest BCUT2D eigenvalue weighted by atomic mass is 9.94. The number of aromatic nitrogens is 2. The second-order valence-electron chi connectivity index (χ2n) is 5.60. The number of hydrogen-bond acceptors (Lipinski definition) is 5. The van der Waals surface area contributed by atoms with Crippen molar-refractivity contribution in [2.75, 3.05) is 24.2 Å². The van der Waals surface area contributed by atoms with Crippen molar-refractivity contribution in [2.24, 2.45) is 5.92 Å². The molecule has 0 saturated heterocycles. The first-order valence-electron chi connectivity index (χ1n) is 6.87. The van der Waals surface area contributed by atoms with Crippen molar-refractivity contribution in [3.8, 4) is 0 Å². The van der Waals surface area contributed by atoms with E-state index in [1.807, 2.05) is 14.0 Å². The lowest BCUT2D eigenvalue weighted by molar-refractivity contribution is 0.0514. The number of rotatable bonds is 7. The minimum atomic E-state index is -0.732. The van der Waals surface area contributed by atoms with E-state index in [1.54, 1.807) is 0 Å². The molecule has 0 bridgehead atoms. The molecule has 0 amide bonds. The number of aliphatic hydroxyl groups is 1. The maximum Gasteiger partial charge on any atom is 0.134 e. The molecule has 0 spiro atoms. The highest BCUT2D eigenvalue weighted by Crippen LogP contribution is 2.22. The molecule has 108 valence electrons. The SMILES string of the molecule is CCc1c(NC)ncnc1NCC(C)(O)CC(C)C.